The summed E-state index contributed by atoms with van der Waals surface area (Å²) < 4.78 is 15.6. The van der Waals surface area contributed by atoms with Gasteiger partial charge in [-0.15, -0.1) is 0 Å². The van der Waals surface area contributed by atoms with Crippen LogP contribution >= 0.6 is 0 Å². The Morgan fingerprint density at radius 3 is 3.00 bits per heavy atom. The van der Waals surface area contributed by atoms with Crippen LogP contribution in [0.4, 0.5) is 0 Å². The van der Waals surface area contributed by atoms with Crippen molar-refractivity contribution in [1.29, 1.82) is 0 Å². The van der Waals surface area contributed by atoms with E-state index in [0.29, 0.717) is 19.8 Å². The van der Waals surface area contributed by atoms with E-state index < -0.39 is 0 Å². The van der Waals surface area contributed by atoms with E-state index in [1.165, 1.54) is 5.56 Å². The highest BCUT2D eigenvalue weighted by Gasteiger charge is 2.01. The molecule has 1 rings (SSSR count). The van der Waals surface area contributed by atoms with Crippen LogP contribution in [0.5, 0.6) is 0 Å². The van der Waals surface area contributed by atoms with Crippen LogP contribution in [-0.4, -0.2) is 26.9 Å². The molecule has 0 aliphatic carbocycles. The first-order chi connectivity index (χ1) is 7.86. The van der Waals surface area contributed by atoms with Crippen LogP contribution in [0.15, 0.2) is 16.7 Å². The first-order valence-corrected chi connectivity index (χ1v) is 5.70. The Bertz CT molecular complexity index is 273. The van der Waals surface area contributed by atoms with E-state index in [0.717, 1.165) is 25.3 Å². The normalized spacial score (nSPS) is 10.9. The summed E-state index contributed by atoms with van der Waals surface area (Å²) >= 11 is 0. The third kappa shape index (κ3) is 5.30. The van der Waals surface area contributed by atoms with Gasteiger partial charge in [0.05, 0.1) is 19.5 Å². The highest BCUT2D eigenvalue weighted by atomic mass is 16.5. The van der Waals surface area contributed by atoms with Crippen LogP contribution in [0.2, 0.25) is 0 Å². The first kappa shape index (κ1) is 13.2. The van der Waals surface area contributed by atoms with Gasteiger partial charge in [-0.05, 0) is 19.0 Å². The molecule has 92 valence electrons. The van der Waals surface area contributed by atoms with Crippen molar-refractivity contribution in [3.8, 4) is 0 Å². The molecule has 0 aliphatic rings. The number of furan rings is 1. The van der Waals surface area contributed by atoms with Gasteiger partial charge >= 0.3 is 0 Å². The Kier molecular flexibility index (Phi) is 6.88. The summed E-state index contributed by atoms with van der Waals surface area (Å²) in [6.45, 7) is 5.76. The second-order valence-electron chi connectivity index (χ2n) is 3.64. The Balaban J connectivity index is 2.17. The quantitative estimate of drug-likeness (QED) is 0.655. The molecule has 1 heterocycles. The van der Waals surface area contributed by atoms with Crippen molar-refractivity contribution in [2.24, 2.45) is 0 Å². The highest BCUT2D eigenvalue weighted by Crippen LogP contribution is 2.08. The molecule has 0 aromatic carbocycles. The zero-order chi connectivity index (χ0) is 11.6. The van der Waals surface area contributed by atoms with Crippen LogP contribution in [0.3, 0.4) is 0 Å². The predicted molar refractivity (Wildman–Crippen MR) is 62.2 cm³/mol. The molecular formula is C12H21NO3. The van der Waals surface area contributed by atoms with Gasteiger partial charge in [-0.1, -0.05) is 6.92 Å². The number of hydrogen-bond acceptors (Lipinski definition) is 4. The van der Waals surface area contributed by atoms with Crippen molar-refractivity contribution in [2.75, 3.05) is 26.9 Å². The summed E-state index contributed by atoms with van der Waals surface area (Å²) in [5.74, 6) is 0.865. The SMILES string of the molecule is CCCNCc1coc(COCCOC)c1. The molecule has 0 amide bonds. The lowest BCUT2D eigenvalue weighted by Gasteiger charge is -2.00. The van der Waals surface area contributed by atoms with Crippen molar-refractivity contribution in [3.63, 3.8) is 0 Å². The molecular weight excluding hydrogens is 206 g/mol. The molecule has 4 nitrogen and oxygen atoms in total. The van der Waals surface area contributed by atoms with E-state index in [9.17, 15) is 0 Å². The fourth-order valence-electron chi connectivity index (χ4n) is 1.32. The smallest absolute Gasteiger partial charge is 0.129 e. The molecule has 1 aromatic rings. The molecule has 0 saturated heterocycles. The summed E-state index contributed by atoms with van der Waals surface area (Å²) in [5.41, 5.74) is 1.17. The van der Waals surface area contributed by atoms with E-state index in [4.69, 9.17) is 13.9 Å². The number of hydrogen-bond donors (Lipinski definition) is 1. The lowest BCUT2D eigenvalue weighted by Crippen LogP contribution is -2.13. The molecule has 0 spiro atoms. The van der Waals surface area contributed by atoms with Crippen molar-refractivity contribution in [3.05, 3.63) is 23.7 Å². The zero-order valence-electron chi connectivity index (χ0n) is 10.1. The average molecular weight is 227 g/mol. The number of rotatable bonds is 9. The Morgan fingerprint density at radius 2 is 2.25 bits per heavy atom. The molecule has 0 aliphatic heterocycles. The second kappa shape index (κ2) is 8.33. The van der Waals surface area contributed by atoms with Gasteiger partial charge in [0.1, 0.15) is 12.4 Å². The summed E-state index contributed by atoms with van der Waals surface area (Å²) in [7, 11) is 1.66. The van der Waals surface area contributed by atoms with E-state index in [1.807, 2.05) is 6.07 Å². The minimum absolute atomic E-state index is 0.511. The molecule has 16 heavy (non-hydrogen) atoms. The third-order valence-corrected chi connectivity index (χ3v) is 2.14. The van der Waals surface area contributed by atoms with E-state index >= 15 is 0 Å². The first-order valence-electron chi connectivity index (χ1n) is 5.70. The fraction of sp³-hybridized carbons (Fsp3) is 0.667. The summed E-state index contributed by atoms with van der Waals surface area (Å²) in [5, 5.41) is 3.32. The maximum Gasteiger partial charge on any atom is 0.129 e. The number of methoxy groups -OCH3 is 1. The predicted octanol–water partition coefficient (Wildman–Crippen LogP) is 1.94. The van der Waals surface area contributed by atoms with Crippen molar-refractivity contribution in [2.45, 2.75) is 26.5 Å². The monoisotopic (exact) mass is 227 g/mol. The van der Waals surface area contributed by atoms with Gasteiger partial charge in [0, 0.05) is 19.2 Å². The van der Waals surface area contributed by atoms with Gasteiger partial charge < -0.3 is 19.2 Å². The summed E-state index contributed by atoms with van der Waals surface area (Å²) in [6, 6.07) is 2.02. The molecule has 1 N–H and O–H groups in total. The molecule has 0 fully saturated rings. The van der Waals surface area contributed by atoms with Crippen molar-refractivity contribution >= 4 is 0 Å². The van der Waals surface area contributed by atoms with Gasteiger partial charge in [-0.3, -0.25) is 0 Å². The second-order valence-corrected chi connectivity index (χ2v) is 3.64. The minimum atomic E-state index is 0.511. The molecule has 0 bridgehead atoms. The zero-order valence-corrected chi connectivity index (χ0v) is 10.1. The fourth-order valence-corrected chi connectivity index (χ4v) is 1.32. The van der Waals surface area contributed by atoms with Gasteiger partial charge in [-0.2, -0.15) is 0 Å². The van der Waals surface area contributed by atoms with Gasteiger partial charge in [0.2, 0.25) is 0 Å². The summed E-state index contributed by atoms with van der Waals surface area (Å²) in [6.07, 6.45) is 2.92. The Hall–Kier alpha value is -0.840. The maximum atomic E-state index is 5.37. The highest BCUT2D eigenvalue weighted by molar-refractivity contribution is 5.11. The number of nitrogens with one attached hydrogen (secondary N) is 1. The minimum Gasteiger partial charge on any atom is -0.467 e. The lowest BCUT2D eigenvalue weighted by atomic mass is 10.3. The molecule has 1 aromatic heterocycles. The average Bonchev–Trinajstić information content (AvgIpc) is 2.73. The van der Waals surface area contributed by atoms with E-state index in [2.05, 4.69) is 12.2 Å². The molecule has 0 radical (unpaired) electrons. The van der Waals surface area contributed by atoms with Gasteiger partial charge in [0.25, 0.3) is 0 Å². The third-order valence-electron chi connectivity index (χ3n) is 2.14. The van der Waals surface area contributed by atoms with Crippen LogP contribution in [0, 0.1) is 0 Å². The lowest BCUT2D eigenvalue weighted by molar-refractivity contribution is 0.0538. The Morgan fingerprint density at radius 1 is 1.38 bits per heavy atom. The molecule has 0 saturated carbocycles. The molecule has 0 unspecified atom stereocenters. The van der Waals surface area contributed by atoms with Crippen LogP contribution < -0.4 is 5.32 Å². The van der Waals surface area contributed by atoms with Crippen LogP contribution in [0.1, 0.15) is 24.7 Å². The Labute approximate surface area is 96.9 Å². The van der Waals surface area contributed by atoms with E-state index in [1.54, 1.807) is 13.4 Å². The molecule has 4 heteroatoms. The largest absolute Gasteiger partial charge is 0.467 e. The van der Waals surface area contributed by atoms with Crippen LogP contribution in [-0.2, 0) is 22.6 Å². The van der Waals surface area contributed by atoms with Gasteiger partial charge in [-0.25, -0.2) is 0 Å². The van der Waals surface area contributed by atoms with Gasteiger partial charge in [0.15, 0.2) is 0 Å². The van der Waals surface area contributed by atoms with Crippen LogP contribution in [0.25, 0.3) is 0 Å². The van der Waals surface area contributed by atoms with Crippen molar-refractivity contribution < 1.29 is 13.9 Å². The summed E-state index contributed by atoms with van der Waals surface area (Å²) in [4.78, 5) is 0. The van der Waals surface area contributed by atoms with E-state index in [-0.39, 0.29) is 0 Å². The standard InChI is InChI=1S/C12H21NO3/c1-3-4-13-8-11-7-12(16-9-11)10-15-6-5-14-2/h7,9,13H,3-6,8,10H2,1-2H3. The molecule has 0 atom stereocenters. The maximum absolute atomic E-state index is 5.37. The number of ether oxygens (including phenoxy) is 2. The topological polar surface area (TPSA) is 43.6 Å². The van der Waals surface area contributed by atoms with Crippen molar-refractivity contribution in [1.82, 2.24) is 5.32 Å².